The Morgan fingerprint density at radius 1 is 1.53 bits per heavy atom. The minimum absolute atomic E-state index is 0.147. The van der Waals surface area contributed by atoms with E-state index in [1.54, 1.807) is 5.32 Å². The molecule has 1 N–H and O–H groups in total. The molecule has 1 amide bonds. The quantitative estimate of drug-likeness (QED) is 0.833. The van der Waals surface area contributed by atoms with Gasteiger partial charge in [-0.3, -0.25) is 4.79 Å². The van der Waals surface area contributed by atoms with Gasteiger partial charge in [0.05, 0.1) is 7.11 Å². The average Bonchev–Trinajstić information content (AvgIpc) is 2.29. The van der Waals surface area contributed by atoms with Gasteiger partial charge >= 0.3 is 18.3 Å². The number of rotatable bonds is 4. The maximum Gasteiger partial charge on any atom is 0.383 e. The lowest BCUT2D eigenvalue weighted by Gasteiger charge is -2.15. The second kappa shape index (κ2) is 4.98. The number of anilines is 1. The third-order valence-electron chi connectivity index (χ3n) is 1.79. The summed E-state index contributed by atoms with van der Waals surface area (Å²) in [6.45, 7) is 0. The number of halogens is 4. The lowest BCUT2D eigenvalue weighted by molar-refractivity contribution is -0.163. The summed E-state index contributed by atoms with van der Waals surface area (Å²) in [4.78, 5) is 14.5. The van der Waals surface area contributed by atoms with Gasteiger partial charge in [-0.1, -0.05) is 0 Å². The summed E-state index contributed by atoms with van der Waals surface area (Å²) < 4.78 is 53.7. The SMILES string of the molecule is COc1ncccc1NC(=O)C(F)(F)C(F)F. The van der Waals surface area contributed by atoms with Crippen LogP contribution in [-0.4, -0.2) is 30.3 Å². The number of nitrogens with one attached hydrogen (secondary N) is 1. The summed E-state index contributed by atoms with van der Waals surface area (Å²) in [5.41, 5.74) is -0.208. The molecule has 0 aliphatic rings. The number of hydrogen-bond acceptors (Lipinski definition) is 3. The van der Waals surface area contributed by atoms with E-state index in [9.17, 15) is 22.4 Å². The molecule has 1 aromatic rings. The first-order valence-corrected chi connectivity index (χ1v) is 4.36. The Morgan fingerprint density at radius 3 is 2.71 bits per heavy atom. The molecule has 0 radical (unpaired) electrons. The number of methoxy groups -OCH3 is 1. The molecule has 8 heteroatoms. The van der Waals surface area contributed by atoms with E-state index in [4.69, 9.17) is 0 Å². The molecule has 0 spiro atoms. The van der Waals surface area contributed by atoms with E-state index in [-0.39, 0.29) is 11.6 Å². The zero-order chi connectivity index (χ0) is 13.1. The largest absolute Gasteiger partial charge is 0.480 e. The van der Waals surface area contributed by atoms with Gasteiger partial charge < -0.3 is 10.1 Å². The number of aromatic nitrogens is 1. The van der Waals surface area contributed by atoms with Crippen LogP contribution in [-0.2, 0) is 4.79 Å². The van der Waals surface area contributed by atoms with Crippen molar-refractivity contribution in [3.63, 3.8) is 0 Å². The molecular formula is C9H8F4N2O2. The van der Waals surface area contributed by atoms with Crippen molar-refractivity contribution in [2.45, 2.75) is 12.3 Å². The second-order valence-corrected chi connectivity index (χ2v) is 2.94. The van der Waals surface area contributed by atoms with Crippen LogP contribution in [0.5, 0.6) is 5.88 Å². The highest BCUT2D eigenvalue weighted by molar-refractivity contribution is 5.97. The van der Waals surface area contributed by atoms with Gasteiger partial charge in [0.15, 0.2) is 0 Å². The number of amides is 1. The Bertz CT molecular complexity index is 412. The molecule has 0 fully saturated rings. The van der Waals surface area contributed by atoms with Crippen molar-refractivity contribution in [2.24, 2.45) is 0 Å². The number of carbonyl (C=O) groups excluding carboxylic acids is 1. The van der Waals surface area contributed by atoms with Crippen LogP contribution in [0, 0.1) is 0 Å². The van der Waals surface area contributed by atoms with Gasteiger partial charge in [0.2, 0.25) is 5.88 Å². The molecule has 4 nitrogen and oxygen atoms in total. The first kappa shape index (κ1) is 13.2. The topological polar surface area (TPSA) is 51.2 Å². The minimum atomic E-state index is -4.76. The molecule has 0 bridgehead atoms. The summed E-state index contributed by atoms with van der Waals surface area (Å²) in [6, 6.07) is 2.53. The van der Waals surface area contributed by atoms with Crippen molar-refractivity contribution in [1.82, 2.24) is 4.98 Å². The van der Waals surface area contributed by atoms with Crippen molar-refractivity contribution >= 4 is 11.6 Å². The molecule has 0 saturated heterocycles. The third kappa shape index (κ3) is 2.83. The number of ether oxygens (including phenoxy) is 1. The molecule has 0 aliphatic heterocycles. The summed E-state index contributed by atoms with van der Waals surface area (Å²) in [5.74, 6) is -7.02. The highest BCUT2D eigenvalue weighted by Gasteiger charge is 2.49. The van der Waals surface area contributed by atoms with Crippen LogP contribution in [0.2, 0.25) is 0 Å². The molecule has 94 valence electrons. The maximum absolute atomic E-state index is 12.6. The Kier molecular flexibility index (Phi) is 3.87. The van der Waals surface area contributed by atoms with E-state index in [1.165, 1.54) is 25.4 Å². The zero-order valence-electron chi connectivity index (χ0n) is 8.58. The average molecular weight is 252 g/mol. The highest BCUT2D eigenvalue weighted by atomic mass is 19.3. The smallest absolute Gasteiger partial charge is 0.383 e. The van der Waals surface area contributed by atoms with Crippen LogP contribution in [0.1, 0.15) is 0 Å². The number of pyridine rings is 1. The standard InChI is InChI=1S/C9H8F4N2O2/c1-17-6-5(3-2-4-14-6)15-8(16)9(12,13)7(10)11/h2-4,7H,1H3,(H,15,16). The van der Waals surface area contributed by atoms with E-state index < -0.39 is 18.3 Å². The maximum atomic E-state index is 12.6. The Morgan fingerprint density at radius 2 is 2.18 bits per heavy atom. The van der Waals surface area contributed by atoms with Crippen molar-refractivity contribution in [3.8, 4) is 5.88 Å². The fraction of sp³-hybridized carbons (Fsp3) is 0.333. The molecule has 0 aliphatic carbocycles. The number of nitrogens with zero attached hydrogens (tertiary/aromatic N) is 1. The van der Waals surface area contributed by atoms with Crippen LogP contribution < -0.4 is 10.1 Å². The molecule has 0 unspecified atom stereocenters. The molecule has 0 atom stereocenters. The van der Waals surface area contributed by atoms with Crippen LogP contribution >= 0.6 is 0 Å². The molecular weight excluding hydrogens is 244 g/mol. The molecule has 0 saturated carbocycles. The van der Waals surface area contributed by atoms with E-state index in [1.807, 2.05) is 0 Å². The van der Waals surface area contributed by atoms with Crippen molar-refractivity contribution in [1.29, 1.82) is 0 Å². The van der Waals surface area contributed by atoms with Crippen molar-refractivity contribution in [3.05, 3.63) is 18.3 Å². The van der Waals surface area contributed by atoms with Gasteiger partial charge in [-0.15, -0.1) is 0 Å². The van der Waals surface area contributed by atoms with E-state index in [0.29, 0.717) is 0 Å². The number of alkyl halides is 4. The van der Waals surface area contributed by atoms with E-state index >= 15 is 0 Å². The minimum Gasteiger partial charge on any atom is -0.480 e. The van der Waals surface area contributed by atoms with Crippen LogP contribution in [0.3, 0.4) is 0 Å². The molecule has 1 heterocycles. The fourth-order valence-electron chi connectivity index (χ4n) is 0.953. The first-order chi connectivity index (χ1) is 7.89. The predicted molar refractivity (Wildman–Crippen MR) is 50.4 cm³/mol. The molecule has 0 aromatic carbocycles. The monoisotopic (exact) mass is 252 g/mol. The third-order valence-corrected chi connectivity index (χ3v) is 1.79. The summed E-state index contributed by atoms with van der Waals surface area (Å²) in [5, 5.41) is 1.63. The van der Waals surface area contributed by atoms with Crippen LogP contribution in [0.15, 0.2) is 18.3 Å². The predicted octanol–water partition coefficient (Wildman–Crippen LogP) is 1.93. The second-order valence-electron chi connectivity index (χ2n) is 2.94. The summed E-state index contributed by atoms with van der Waals surface area (Å²) in [6.07, 6.45) is -2.79. The lowest BCUT2D eigenvalue weighted by Crippen LogP contribution is -2.41. The van der Waals surface area contributed by atoms with Gasteiger partial charge in [0, 0.05) is 6.20 Å². The van der Waals surface area contributed by atoms with Crippen molar-refractivity contribution in [2.75, 3.05) is 12.4 Å². The first-order valence-electron chi connectivity index (χ1n) is 4.36. The number of carbonyl (C=O) groups is 1. The normalized spacial score (nSPS) is 11.4. The lowest BCUT2D eigenvalue weighted by atomic mass is 10.3. The van der Waals surface area contributed by atoms with Crippen LogP contribution in [0.25, 0.3) is 0 Å². The molecule has 17 heavy (non-hydrogen) atoms. The van der Waals surface area contributed by atoms with Gasteiger partial charge in [-0.25, -0.2) is 13.8 Å². The van der Waals surface area contributed by atoms with Gasteiger partial charge in [0.25, 0.3) is 0 Å². The highest BCUT2D eigenvalue weighted by Crippen LogP contribution is 2.27. The van der Waals surface area contributed by atoms with Gasteiger partial charge in [0.1, 0.15) is 5.69 Å². The van der Waals surface area contributed by atoms with E-state index in [0.717, 1.165) is 0 Å². The van der Waals surface area contributed by atoms with Gasteiger partial charge in [-0.2, -0.15) is 8.78 Å². The van der Waals surface area contributed by atoms with Crippen molar-refractivity contribution < 1.29 is 27.1 Å². The summed E-state index contributed by atoms with van der Waals surface area (Å²) in [7, 11) is 1.20. The Balaban J connectivity index is 2.88. The zero-order valence-corrected chi connectivity index (χ0v) is 8.58. The Hall–Kier alpha value is -1.86. The van der Waals surface area contributed by atoms with E-state index in [2.05, 4.69) is 9.72 Å². The molecule has 1 rings (SSSR count). The molecule has 1 aromatic heterocycles. The Labute approximate surface area is 93.6 Å². The number of hydrogen-bond donors (Lipinski definition) is 1. The fourth-order valence-corrected chi connectivity index (χ4v) is 0.953. The van der Waals surface area contributed by atoms with Crippen LogP contribution in [0.4, 0.5) is 23.2 Å². The van der Waals surface area contributed by atoms with Gasteiger partial charge in [-0.05, 0) is 12.1 Å². The summed E-state index contributed by atoms with van der Waals surface area (Å²) >= 11 is 0.